The first-order valence-electron chi connectivity index (χ1n) is 8.13. The van der Waals surface area contributed by atoms with Gasteiger partial charge >= 0.3 is 6.18 Å². The Labute approximate surface area is 155 Å². The van der Waals surface area contributed by atoms with Crippen molar-refractivity contribution in [3.8, 4) is 5.69 Å². The van der Waals surface area contributed by atoms with Gasteiger partial charge in [0, 0.05) is 30.7 Å². The highest BCUT2D eigenvalue weighted by molar-refractivity contribution is 5.46. The maximum atomic E-state index is 14.4. The van der Waals surface area contributed by atoms with Crippen molar-refractivity contribution >= 4 is 11.6 Å². The Morgan fingerprint density at radius 1 is 1.14 bits per heavy atom. The number of aryl methyl sites for hydroxylation is 1. The average Bonchev–Trinajstić information content (AvgIpc) is 3.28. The summed E-state index contributed by atoms with van der Waals surface area (Å²) in [6.45, 7) is 1.80. The monoisotopic (exact) mass is 391 g/mol. The molecule has 0 bridgehead atoms. The van der Waals surface area contributed by atoms with E-state index in [1.165, 1.54) is 23.0 Å². The average molecular weight is 391 g/mol. The molecule has 144 valence electrons. The van der Waals surface area contributed by atoms with E-state index in [9.17, 15) is 17.6 Å². The predicted molar refractivity (Wildman–Crippen MR) is 91.4 cm³/mol. The van der Waals surface area contributed by atoms with Gasteiger partial charge in [0.15, 0.2) is 0 Å². The lowest BCUT2D eigenvalue weighted by Gasteiger charge is -2.10. The summed E-state index contributed by atoms with van der Waals surface area (Å²) in [6, 6.07) is 6.19. The molecule has 0 spiro atoms. The van der Waals surface area contributed by atoms with Gasteiger partial charge in [-0.3, -0.25) is 0 Å². The number of imidazole rings is 1. The van der Waals surface area contributed by atoms with Gasteiger partial charge in [0.25, 0.3) is 11.6 Å². The molecule has 4 aromatic rings. The molecule has 0 radical (unpaired) electrons. The predicted octanol–water partition coefficient (Wildman–Crippen LogP) is 3.39. The Morgan fingerprint density at radius 2 is 1.96 bits per heavy atom. The zero-order valence-corrected chi connectivity index (χ0v) is 14.4. The molecule has 0 fully saturated rings. The number of halogens is 4. The largest absolute Gasteiger partial charge is 0.453 e. The molecule has 0 aliphatic rings. The second-order valence-electron chi connectivity index (χ2n) is 6.04. The summed E-state index contributed by atoms with van der Waals surface area (Å²) in [7, 11) is 0. The first kappa shape index (κ1) is 17.9. The highest BCUT2D eigenvalue weighted by atomic mass is 19.4. The van der Waals surface area contributed by atoms with Crippen LogP contribution in [-0.4, -0.2) is 29.1 Å². The Balaban J connectivity index is 1.60. The maximum Gasteiger partial charge on any atom is 0.453 e. The third-order valence-electron chi connectivity index (χ3n) is 3.96. The third-order valence-corrected chi connectivity index (χ3v) is 3.96. The zero-order valence-electron chi connectivity index (χ0n) is 14.4. The topological polar surface area (TPSA) is 72.9 Å². The van der Waals surface area contributed by atoms with Crippen LogP contribution < -0.4 is 5.32 Å². The highest BCUT2D eigenvalue weighted by Crippen LogP contribution is 2.27. The van der Waals surface area contributed by atoms with Gasteiger partial charge in [-0.05, 0) is 24.6 Å². The quantitative estimate of drug-likeness (QED) is 0.540. The van der Waals surface area contributed by atoms with Gasteiger partial charge in [-0.25, -0.2) is 14.4 Å². The van der Waals surface area contributed by atoms with Gasteiger partial charge in [0.1, 0.15) is 11.6 Å². The summed E-state index contributed by atoms with van der Waals surface area (Å²) in [4.78, 5) is 11.3. The molecule has 11 heteroatoms. The van der Waals surface area contributed by atoms with Crippen LogP contribution in [0.5, 0.6) is 0 Å². The summed E-state index contributed by atoms with van der Waals surface area (Å²) < 4.78 is 55.5. The van der Waals surface area contributed by atoms with Crippen molar-refractivity contribution in [1.29, 1.82) is 0 Å². The fraction of sp³-hybridized carbons (Fsp3) is 0.176. The fourth-order valence-electron chi connectivity index (χ4n) is 2.70. The van der Waals surface area contributed by atoms with Gasteiger partial charge in [0.2, 0.25) is 0 Å². The molecule has 28 heavy (non-hydrogen) atoms. The van der Waals surface area contributed by atoms with E-state index < -0.39 is 17.8 Å². The van der Waals surface area contributed by atoms with Crippen LogP contribution in [0.15, 0.2) is 43.0 Å². The van der Waals surface area contributed by atoms with E-state index in [1.807, 2.05) is 0 Å². The van der Waals surface area contributed by atoms with Gasteiger partial charge in [-0.15, -0.1) is 5.10 Å². The molecular weight excluding hydrogens is 378 g/mol. The number of aromatic nitrogens is 6. The summed E-state index contributed by atoms with van der Waals surface area (Å²) in [5.41, 5.74) is 1.41. The minimum atomic E-state index is -4.68. The van der Waals surface area contributed by atoms with E-state index in [2.05, 4.69) is 25.4 Å². The fourth-order valence-corrected chi connectivity index (χ4v) is 2.70. The van der Waals surface area contributed by atoms with E-state index in [4.69, 9.17) is 0 Å². The highest BCUT2D eigenvalue weighted by Gasteiger charge is 2.36. The molecular formula is C17H13F4N7. The second kappa shape index (κ2) is 6.59. The normalized spacial score (nSPS) is 11.9. The summed E-state index contributed by atoms with van der Waals surface area (Å²) >= 11 is 0. The number of hydrogen-bond acceptors (Lipinski definition) is 5. The van der Waals surface area contributed by atoms with Crippen molar-refractivity contribution in [1.82, 2.24) is 29.1 Å². The van der Waals surface area contributed by atoms with Gasteiger partial charge < -0.3 is 9.88 Å². The molecule has 4 rings (SSSR count). The molecule has 1 aromatic carbocycles. The number of anilines is 1. The molecule has 0 atom stereocenters. The zero-order chi connectivity index (χ0) is 19.9. The molecule has 3 aromatic heterocycles. The Hall–Kier alpha value is -3.50. The van der Waals surface area contributed by atoms with Crippen molar-refractivity contribution in [3.63, 3.8) is 0 Å². The van der Waals surface area contributed by atoms with Crippen LogP contribution in [-0.2, 0) is 12.7 Å². The number of nitrogens with one attached hydrogen (secondary N) is 1. The van der Waals surface area contributed by atoms with Crippen LogP contribution >= 0.6 is 0 Å². The van der Waals surface area contributed by atoms with Crippen LogP contribution in [0.1, 0.15) is 17.1 Å². The minimum Gasteiger partial charge on any atom is -0.366 e. The number of alkyl halides is 3. The number of rotatable bonds is 4. The number of nitrogens with zero attached hydrogens (tertiary/aromatic N) is 6. The van der Waals surface area contributed by atoms with Crippen LogP contribution in [0.25, 0.3) is 11.5 Å². The van der Waals surface area contributed by atoms with E-state index in [0.717, 1.165) is 4.52 Å². The van der Waals surface area contributed by atoms with Crippen LogP contribution in [0.2, 0.25) is 0 Å². The van der Waals surface area contributed by atoms with E-state index in [-0.39, 0.29) is 18.1 Å². The SMILES string of the molecule is Cc1cc(NCc2ccc(-n3ccnc3)c(F)c2)n2nc(C(F)(F)F)nc2n1. The molecule has 0 saturated carbocycles. The standard InChI is InChI=1S/C17H13F4N7/c1-10-6-14(28-16(24-10)25-15(26-28)17(19,20)21)23-8-11-2-3-13(12(18)7-11)27-5-4-22-9-27/h2-7,9,23H,8H2,1H3. The Morgan fingerprint density at radius 3 is 2.64 bits per heavy atom. The molecule has 1 N–H and O–H groups in total. The molecule has 0 saturated heterocycles. The van der Waals surface area contributed by atoms with Crippen LogP contribution in [0.4, 0.5) is 23.4 Å². The van der Waals surface area contributed by atoms with Gasteiger partial charge in [-0.1, -0.05) is 6.07 Å². The minimum absolute atomic E-state index is 0.168. The van der Waals surface area contributed by atoms with E-state index in [1.54, 1.807) is 31.5 Å². The van der Waals surface area contributed by atoms with Crippen molar-refractivity contribution in [3.05, 3.63) is 65.9 Å². The van der Waals surface area contributed by atoms with E-state index >= 15 is 0 Å². The second-order valence-corrected chi connectivity index (χ2v) is 6.04. The number of fused-ring (bicyclic) bond motifs is 1. The Kier molecular flexibility index (Phi) is 4.21. The first-order valence-corrected chi connectivity index (χ1v) is 8.13. The van der Waals surface area contributed by atoms with Crippen molar-refractivity contribution < 1.29 is 17.6 Å². The molecule has 0 amide bonds. The van der Waals surface area contributed by atoms with Crippen LogP contribution in [0.3, 0.4) is 0 Å². The maximum absolute atomic E-state index is 14.4. The molecule has 0 aliphatic carbocycles. The van der Waals surface area contributed by atoms with Gasteiger partial charge in [-0.2, -0.15) is 22.7 Å². The molecule has 3 heterocycles. The molecule has 0 aliphatic heterocycles. The van der Waals surface area contributed by atoms with Crippen molar-refractivity contribution in [2.75, 3.05) is 5.32 Å². The third kappa shape index (κ3) is 3.38. The summed E-state index contributed by atoms with van der Waals surface area (Å²) in [5, 5.41) is 6.43. The lowest BCUT2D eigenvalue weighted by atomic mass is 10.2. The van der Waals surface area contributed by atoms with Crippen molar-refractivity contribution in [2.24, 2.45) is 0 Å². The van der Waals surface area contributed by atoms with Crippen LogP contribution in [0, 0.1) is 12.7 Å². The first-order chi connectivity index (χ1) is 13.3. The molecule has 0 unspecified atom stereocenters. The van der Waals surface area contributed by atoms with Gasteiger partial charge in [0.05, 0.1) is 12.0 Å². The van der Waals surface area contributed by atoms with Crippen molar-refractivity contribution in [2.45, 2.75) is 19.6 Å². The van der Waals surface area contributed by atoms with E-state index in [0.29, 0.717) is 16.9 Å². The summed E-state index contributed by atoms with van der Waals surface area (Å²) in [5.74, 6) is -1.63. The smallest absolute Gasteiger partial charge is 0.366 e. The Bertz CT molecular complexity index is 1130. The summed E-state index contributed by atoms with van der Waals surface area (Å²) in [6.07, 6.45) is -0.0318. The molecule has 7 nitrogen and oxygen atoms in total. The number of benzene rings is 1. The lowest BCUT2D eigenvalue weighted by molar-refractivity contribution is -0.144. The lowest BCUT2D eigenvalue weighted by Crippen LogP contribution is -2.09. The number of hydrogen-bond donors (Lipinski definition) is 1.